The van der Waals surface area contributed by atoms with E-state index in [1.165, 1.54) is 4.90 Å². The lowest BCUT2D eigenvalue weighted by molar-refractivity contribution is -0.124. The molecule has 4 heteroatoms. The van der Waals surface area contributed by atoms with Crippen molar-refractivity contribution in [1.82, 2.24) is 0 Å². The highest BCUT2D eigenvalue weighted by Crippen LogP contribution is 2.64. The molecule has 3 aromatic carbocycles. The molecule has 31 heavy (non-hydrogen) atoms. The van der Waals surface area contributed by atoms with Gasteiger partial charge in [0.1, 0.15) is 0 Å². The van der Waals surface area contributed by atoms with Gasteiger partial charge in [0.2, 0.25) is 11.8 Å². The van der Waals surface area contributed by atoms with Crippen LogP contribution in [0.5, 0.6) is 0 Å². The van der Waals surface area contributed by atoms with Crippen LogP contribution in [0.2, 0.25) is 0 Å². The predicted octanol–water partition coefficient (Wildman–Crippen LogP) is 3.85. The molecule has 7 rings (SSSR count). The third-order valence-corrected chi connectivity index (χ3v) is 7.65. The number of amides is 2. The molecule has 1 aliphatic heterocycles. The molecule has 0 radical (unpaired) electrons. The van der Waals surface area contributed by atoms with Crippen molar-refractivity contribution in [2.75, 3.05) is 11.5 Å². The number of nitrogens with zero attached hydrogens (tertiary/aromatic N) is 1. The van der Waals surface area contributed by atoms with Crippen molar-refractivity contribution in [3.63, 3.8) is 0 Å². The van der Waals surface area contributed by atoms with Gasteiger partial charge in [-0.3, -0.25) is 9.59 Å². The molecule has 4 nitrogen and oxygen atoms in total. The number of imide groups is 1. The highest BCUT2D eigenvalue weighted by atomic mass is 16.3. The zero-order valence-electron chi connectivity index (χ0n) is 17.5. The highest BCUT2D eigenvalue weighted by Gasteiger charge is 2.68. The first-order valence-corrected chi connectivity index (χ1v) is 10.8. The van der Waals surface area contributed by atoms with Gasteiger partial charge in [0.05, 0.1) is 29.5 Å². The van der Waals surface area contributed by atoms with Gasteiger partial charge in [0.15, 0.2) is 0 Å². The van der Waals surface area contributed by atoms with E-state index in [2.05, 4.69) is 12.1 Å². The molecule has 3 aromatic rings. The van der Waals surface area contributed by atoms with Crippen LogP contribution in [-0.2, 0) is 15.0 Å². The summed E-state index contributed by atoms with van der Waals surface area (Å²) < 4.78 is 0. The number of aliphatic hydroxyl groups excluding tert-OH is 1. The van der Waals surface area contributed by atoms with Crippen LogP contribution in [0, 0.1) is 25.7 Å². The van der Waals surface area contributed by atoms with Crippen molar-refractivity contribution < 1.29 is 14.7 Å². The van der Waals surface area contributed by atoms with Crippen molar-refractivity contribution in [2.45, 2.75) is 25.2 Å². The van der Waals surface area contributed by atoms with Crippen molar-refractivity contribution in [3.05, 3.63) is 100 Å². The SMILES string of the molecule is Cc1ccc(C)c(N2C(=O)C3C4c5ccccc5C(CO)(c5ccccc54)C3C2=O)c1. The second kappa shape index (κ2) is 6.14. The summed E-state index contributed by atoms with van der Waals surface area (Å²) in [6.45, 7) is 3.68. The number of carbonyl (C=O) groups is 2. The van der Waals surface area contributed by atoms with Gasteiger partial charge >= 0.3 is 0 Å². The number of aryl methyl sites for hydroxylation is 2. The number of rotatable bonds is 2. The first-order chi connectivity index (χ1) is 15.0. The second-order valence-electron chi connectivity index (χ2n) is 9.09. The van der Waals surface area contributed by atoms with Crippen LogP contribution >= 0.6 is 0 Å². The Kier molecular flexibility index (Phi) is 3.67. The Morgan fingerprint density at radius 1 is 0.871 bits per heavy atom. The summed E-state index contributed by atoms with van der Waals surface area (Å²) in [5, 5.41) is 10.9. The summed E-state index contributed by atoms with van der Waals surface area (Å²) in [5.41, 5.74) is 5.71. The van der Waals surface area contributed by atoms with Gasteiger partial charge in [-0.05, 0) is 53.3 Å². The normalized spacial score (nSPS) is 27.8. The lowest BCUT2D eigenvalue weighted by Gasteiger charge is -2.53. The van der Waals surface area contributed by atoms with Crippen LogP contribution in [0.4, 0.5) is 5.69 Å². The highest BCUT2D eigenvalue weighted by molar-refractivity contribution is 6.24. The standard InChI is InChI=1S/C27H23NO3/c1-15-11-12-16(2)21(13-15)28-25(30)23-22-17-7-3-5-9-19(17)27(14-29,24(23)26(28)31)20-10-6-4-8-18(20)22/h3-13,22-24,29H,14H2,1-2H3. The van der Waals surface area contributed by atoms with E-state index in [0.29, 0.717) is 5.69 Å². The third kappa shape index (κ3) is 2.08. The van der Waals surface area contributed by atoms with E-state index >= 15 is 0 Å². The Bertz CT molecular complexity index is 1230. The molecule has 2 bridgehead atoms. The average molecular weight is 409 g/mol. The van der Waals surface area contributed by atoms with Gasteiger partial charge in [-0.15, -0.1) is 0 Å². The largest absolute Gasteiger partial charge is 0.395 e. The maximum absolute atomic E-state index is 14.0. The molecule has 0 aromatic heterocycles. The molecule has 1 fully saturated rings. The van der Waals surface area contributed by atoms with E-state index in [-0.39, 0.29) is 24.3 Å². The molecule has 1 N–H and O–H groups in total. The van der Waals surface area contributed by atoms with Gasteiger partial charge in [-0.1, -0.05) is 60.7 Å². The Balaban J connectivity index is 1.65. The summed E-state index contributed by atoms with van der Waals surface area (Å²) in [6.07, 6.45) is 0. The van der Waals surface area contributed by atoms with Crippen LogP contribution in [0.1, 0.15) is 39.3 Å². The molecule has 2 amide bonds. The fourth-order valence-electron chi connectivity index (χ4n) is 6.40. The fourth-order valence-corrected chi connectivity index (χ4v) is 6.40. The summed E-state index contributed by atoms with van der Waals surface area (Å²) in [6, 6.07) is 21.9. The minimum Gasteiger partial charge on any atom is -0.395 e. The maximum Gasteiger partial charge on any atom is 0.239 e. The second-order valence-corrected chi connectivity index (χ2v) is 9.09. The van der Waals surface area contributed by atoms with Crippen LogP contribution in [0.25, 0.3) is 0 Å². The van der Waals surface area contributed by atoms with E-state index in [1.807, 2.05) is 68.4 Å². The molecule has 154 valence electrons. The van der Waals surface area contributed by atoms with E-state index < -0.39 is 17.3 Å². The molecule has 2 unspecified atom stereocenters. The first-order valence-electron chi connectivity index (χ1n) is 10.8. The summed E-state index contributed by atoms with van der Waals surface area (Å²) >= 11 is 0. The van der Waals surface area contributed by atoms with E-state index in [9.17, 15) is 14.7 Å². The molecule has 3 aliphatic carbocycles. The first kappa shape index (κ1) is 18.5. The Hall–Kier alpha value is -3.24. The predicted molar refractivity (Wildman–Crippen MR) is 118 cm³/mol. The number of carbonyl (C=O) groups excluding carboxylic acids is 2. The molecule has 4 aliphatic rings. The van der Waals surface area contributed by atoms with Crippen LogP contribution in [-0.4, -0.2) is 23.5 Å². The van der Waals surface area contributed by atoms with Gasteiger partial charge in [0.25, 0.3) is 0 Å². The topological polar surface area (TPSA) is 57.6 Å². The molecule has 1 heterocycles. The Labute approximate surface area is 181 Å². The quantitative estimate of drug-likeness (QED) is 0.654. The molecule has 1 saturated heterocycles. The van der Waals surface area contributed by atoms with Crippen LogP contribution in [0.15, 0.2) is 66.7 Å². The van der Waals surface area contributed by atoms with Crippen molar-refractivity contribution in [2.24, 2.45) is 11.8 Å². The molecule has 0 spiro atoms. The fraction of sp³-hybridized carbons (Fsp3) is 0.259. The zero-order chi connectivity index (χ0) is 21.5. The van der Waals surface area contributed by atoms with E-state index in [4.69, 9.17) is 0 Å². The van der Waals surface area contributed by atoms with Gasteiger partial charge in [0, 0.05) is 5.92 Å². The smallest absolute Gasteiger partial charge is 0.239 e. The lowest BCUT2D eigenvalue weighted by Crippen LogP contribution is -2.55. The lowest BCUT2D eigenvalue weighted by atomic mass is 9.47. The zero-order valence-corrected chi connectivity index (χ0v) is 17.5. The van der Waals surface area contributed by atoms with Crippen molar-refractivity contribution >= 4 is 17.5 Å². The Morgan fingerprint density at radius 2 is 1.48 bits per heavy atom. The molecule has 0 saturated carbocycles. The van der Waals surface area contributed by atoms with Gasteiger partial charge in [-0.2, -0.15) is 0 Å². The minimum absolute atomic E-state index is 0.157. The Morgan fingerprint density at radius 3 is 2.10 bits per heavy atom. The summed E-state index contributed by atoms with van der Waals surface area (Å²) in [5.74, 6) is -1.66. The van der Waals surface area contributed by atoms with E-state index in [0.717, 1.165) is 33.4 Å². The molecular formula is C27H23NO3. The minimum atomic E-state index is -0.911. The monoisotopic (exact) mass is 409 g/mol. The summed E-state index contributed by atoms with van der Waals surface area (Å²) in [4.78, 5) is 29.3. The molecule has 2 atom stereocenters. The maximum atomic E-state index is 14.0. The average Bonchev–Trinajstić information content (AvgIpc) is 3.06. The van der Waals surface area contributed by atoms with E-state index in [1.54, 1.807) is 0 Å². The summed E-state index contributed by atoms with van der Waals surface area (Å²) in [7, 11) is 0. The van der Waals surface area contributed by atoms with Gasteiger partial charge < -0.3 is 5.11 Å². The van der Waals surface area contributed by atoms with Crippen LogP contribution < -0.4 is 4.90 Å². The van der Waals surface area contributed by atoms with Crippen molar-refractivity contribution in [3.8, 4) is 0 Å². The number of anilines is 1. The number of hydrogen-bond acceptors (Lipinski definition) is 3. The van der Waals surface area contributed by atoms with Crippen LogP contribution in [0.3, 0.4) is 0 Å². The number of aliphatic hydroxyl groups is 1. The third-order valence-electron chi connectivity index (χ3n) is 7.65. The number of benzene rings is 3. The molecular weight excluding hydrogens is 386 g/mol. The van der Waals surface area contributed by atoms with Gasteiger partial charge in [-0.25, -0.2) is 4.90 Å². The number of hydrogen-bond donors (Lipinski definition) is 1. The van der Waals surface area contributed by atoms with Crippen molar-refractivity contribution in [1.29, 1.82) is 0 Å².